The highest BCUT2D eigenvalue weighted by Crippen LogP contribution is 2.32. The number of benzene rings is 2. The van der Waals surface area contributed by atoms with Gasteiger partial charge in [-0.1, -0.05) is 60.7 Å². The molecule has 0 spiro atoms. The second-order valence-electron chi connectivity index (χ2n) is 7.43. The lowest BCUT2D eigenvalue weighted by Crippen LogP contribution is -2.55. The van der Waals surface area contributed by atoms with Crippen LogP contribution in [0.4, 0.5) is 0 Å². The fraction of sp³-hybridized carbons (Fsp3) is 0.455. The summed E-state index contributed by atoms with van der Waals surface area (Å²) in [6.07, 6.45) is -1.36. The summed E-state index contributed by atoms with van der Waals surface area (Å²) < 4.78 is 12.4. The molecule has 0 radical (unpaired) electrons. The second-order valence-corrected chi connectivity index (χ2v) is 7.43. The molecule has 5 atom stereocenters. The highest BCUT2D eigenvalue weighted by Gasteiger charge is 2.50. The van der Waals surface area contributed by atoms with E-state index in [4.69, 9.17) is 9.47 Å². The number of fused-ring (bicyclic) bond motifs is 1. The molecule has 2 fully saturated rings. The van der Waals surface area contributed by atoms with Crippen molar-refractivity contribution in [3.63, 3.8) is 0 Å². The van der Waals surface area contributed by atoms with E-state index in [9.17, 15) is 10.2 Å². The number of aliphatic hydroxyl groups is 2. The van der Waals surface area contributed by atoms with Gasteiger partial charge in [0.05, 0.1) is 37.6 Å². The van der Waals surface area contributed by atoms with Crippen molar-refractivity contribution in [1.82, 2.24) is 4.90 Å². The molecule has 144 valence electrons. The van der Waals surface area contributed by atoms with Crippen LogP contribution in [0, 0.1) is 0 Å². The van der Waals surface area contributed by atoms with Crippen LogP contribution >= 0.6 is 0 Å². The monoisotopic (exact) mass is 369 g/mol. The van der Waals surface area contributed by atoms with Crippen LogP contribution in [-0.2, 0) is 22.7 Å². The molecule has 27 heavy (non-hydrogen) atoms. The zero-order chi connectivity index (χ0) is 18.6. The predicted octanol–water partition coefficient (Wildman–Crippen LogP) is 1.97. The fourth-order valence-corrected chi connectivity index (χ4v) is 4.13. The molecule has 5 nitrogen and oxygen atoms in total. The number of aliphatic hydroxyl groups excluding tert-OH is 2. The first-order valence-corrected chi connectivity index (χ1v) is 9.63. The molecule has 0 aliphatic carbocycles. The third-order valence-electron chi connectivity index (χ3n) is 5.59. The zero-order valence-electron chi connectivity index (χ0n) is 15.4. The second kappa shape index (κ2) is 8.50. The largest absolute Gasteiger partial charge is 0.390 e. The van der Waals surface area contributed by atoms with Gasteiger partial charge < -0.3 is 19.7 Å². The van der Waals surface area contributed by atoms with Gasteiger partial charge in [0.2, 0.25) is 0 Å². The van der Waals surface area contributed by atoms with Crippen LogP contribution in [0.2, 0.25) is 0 Å². The fourth-order valence-electron chi connectivity index (χ4n) is 4.13. The molecular weight excluding hydrogens is 342 g/mol. The van der Waals surface area contributed by atoms with E-state index < -0.39 is 12.2 Å². The Morgan fingerprint density at radius 1 is 0.852 bits per heavy atom. The lowest BCUT2D eigenvalue weighted by molar-refractivity contribution is -0.119. The van der Waals surface area contributed by atoms with Gasteiger partial charge in [-0.15, -0.1) is 0 Å². The van der Waals surface area contributed by atoms with Gasteiger partial charge in [-0.05, 0) is 17.5 Å². The van der Waals surface area contributed by atoms with Crippen LogP contribution < -0.4 is 0 Å². The summed E-state index contributed by atoms with van der Waals surface area (Å²) in [5.41, 5.74) is 2.20. The average Bonchev–Trinajstić information content (AvgIpc) is 3.07. The van der Waals surface area contributed by atoms with Crippen molar-refractivity contribution in [2.24, 2.45) is 0 Å². The van der Waals surface area contributed by atoms with E-state index in [0.29, 0.717) is 26.2 Å². The minimum atomic E-state index is -0.815. The highest BCUT2D eigenvalue weighted by atomic mass is 16.5. The first kappa shape index (κ1) is 18.6. The third kappa shape index (κ3) is 4.23. The summed E-state index contributed by atoms with van der Waals surface area (Å²) in [6.45, 7) is 2.43. The zero-order valence-corrected chi connectivity index (χ0v) is 15.4. The van der Waals surface area contributed by atoms with Gasteiger partial charge >= 0.3 is 0 Å². The summed E-state index contributed by atoms with van der Waals surface area (Å²) in [5.74, 6) is 0. The predicted molar refractivity (Wildman–Crippen MR) is 102 cm³/mol. The lowest BCUT2D eigenvalue weighted by atomic mass is 9.94. The van der Waals surface area contributed by atoms with Gasteiger partial charge in [0.1, 0.15) is 6.10 Å². The highest BCUT2D eigenvalue weighted by molar-refractivity contribution is 5.15. The van der Waals surface area contributed by atoms with Crippen molar-refractivity contribution in [2.75, 3.05) is 13.1 Å². The molecule has 2 aromatic carbocycles. The molecular formula is C22H27NO4. The topological polar surface area (TPSA) is 62.2 Å². The number of piperidine rings is 1. The standard InChI is InChI=1S/C22H27NO4/c24-18-11-12-23-13-19(26-14-16-7-3-1-4-8-16)22(20(23)21(18)25)27-15-17-9-5-2-6-10-17/h1-10,18-22,24-25H,11-15H2/t18-,19-,20-,21-,22-/m1/s1. The van der Waals surface area contributed by atoms with Crippen molar-refractivity contribution < 1.29 is 19.7 Å². The third-order valence-corrected chi connectivity index (χ3v) is 5.59. The molecule has 2 aromatic rings. The molecule has 2 N–H and O–H groups in total. The van der Waals surface area contributed by atoms with E-state index in [0.717, 1.165) is 17.7 Å². The van der Waals surface area contributed by atoms with Gasteiger partial charge in [0.25, 0.3) is 0 Å². The quantitative estimate of drug-likeness (QED) is 0.815. The van der Waals surface area contributed by atoms with Crippen molar-refractivity contribution in [3.05, 3.63) is 71.8 Å². The Kier molecular flexibility index (Phi) is 5.86. The maximum atomic E-state index is 10.6. The van der Waals surface area contributed by atoms with Crippen LogP contribution in [-0.4, -0.2) is 58.7 Å². The Hall–Kier alpha value is -1.76. The molecule has 2 aliphatic heterocycles. The van der Waals surface area contributed by atoms with Crippen molar-refractivity contribution in [3.8, 4) is 0 Å². The summed E-state index contributed by atoms with van der Waals surface area (Å²) in [4.78, 5) is 2.20. The van der Waals surface area contributed by atoms with E-state index in [-0.39, 0.29) is 18.2 Å². The normalized spacial score (nSPS) is 31.0. The molecule has 5 heteroatoms. The molecule has 0 saturated carbocycles. The van der Waals surface area contributed by atoms with Gasteiger partial charge in [0, 0.05) is 13.1 Å². The molecule has 4 rings (SSSR count). The van der Waals surface area contributed by atoms with Gasteiger partial charge in [-0.25, -0.2) is 0 Å². The van der Waals surface area contributed by atoms with E-state index >= 15 is 0 Å². The van der Waals surface area contributed by atoms with Gasteiger partial charge in [-0.2, -0.15) is 0 Å². The summed E-state index contributed by atoms with van der Waals surface area (Å²) >= 11 is 0. The Bertz CT molecular complexity index is 711. The van der Waals surface area contributed by atoms with Crippen molar-refractivity contribution >= 4 is 0 Å². The average molecular weight is 369 g/mol. The summed E-state index contributed by atoms with van der Waals surface area (Å²) in [7, 11) is 0. The number of hydrogen-bond acceptors (Lipinski definition) is 5. The first-order valence-electron chi connectivity index (χ1n) is 9.63. The molecule has 0 amide bonds. The minimum absolute atomic E-state index is 0.140. The number of nitrogens with zero attached hydrogens (tertiary/aromatic N) is 1. The first-order chi connectivity index (χ1) is 13.2. The Balaban J connectivity index is 1.47. The smallest absolute Gasteiger partial charge is 0.103 e. The van der Waals surface area contributed by atoms with Crippen molar-refractivity contribution in [2.45, 2.75) is 50.1 Å². The van der Waals surface area contributed by atoms with Crippen molar-refractivity contribution in [1.29, 1.82) is 0 Å². The SMILES string of the molecule is O[C@H]1[C@@H]2[C@H](OCc3ccccc3)[C@H](OCc3ccccc3)CN2CC[C@H]1O. The van der Waals surface area contributed by atoms with Crippen LogP contribution in [0.3, 0.4) is 0 Å². The van der Waals surface area contributed by atoms with Crippen LogP contribution in [0.5, 0.6) is 0 Å². The van der Waals surface area contributed by atoms with E-state index in [1.807, 2.05) is 60.7 Å². The molecule has 2 aliphatic rings. The maximum absolute atomic E-state index is 10.6. The number of rotatable bonds is 6. The van der Waals surface area contributed by atoms with E-state index in [1.54, 1.807) is 0 Å². The van der Waals surface area contributed by atoms with Crippen LogP contribution in [0.25, 0.3) is 0 Å². The number of ether oxygens (including phenoxy) is 2. The molecule has 2 heterocycles. The lowest BCUT2D eigenvalue weighted by Gasteiger charge is -2.39. The van der Waals surface area contributed by atoms with Gasteiger partial charge in [0.15, 0.2) is 0 Å². The van der Waals surface area contributed by atoms with Crippen LogP contribution in [0.1, 0.15) is 17.5 Å². The maximum Gasteiger partial charge on any atom is 0.103 e. The Labute approximate surface area is 160 Å². The van der Waals surface area contributed by atoms with Gasteiger partial charge in [-0.3, -0.25) is 4.90 Å². The molecule has 0 bridgehead atoms. The number of hydrogen-bond donors (Lipinski definition) is 2. The van der Waals surface area contributed by atoms with Crippen LogP contribution in [0.15, 0.2) is 60.7 Å². The van der Waals surface area contributed by atoms with E-state index in [2.05, 4.69) is 4.90 Å². The molecule has 0 unspecified atom stereocenters. The summed E-state index contributed by atoms with van der Waals surface area (Å²) in [5, 5.41) is 20.7. The Morgan fingerprint density at radius 2 is 1.44 bits per heavy atom. The summed E-state index contributed by atoms with van der Waals surface area (Å²) in [6, 6.07) is 19.8. The minimum Gasteiger partial charge on any atom is -0.390 e. The molecule has 2 saturated heterocycles. The molecule has 0 aromatic heterocycles. The van der Waals surface area contributed by atoms with E-state index in [1.165, 1.54) is 0 Å². The Morgan fingerprint density at radius 3 is 2.07 bits per heavy atom.